The molecule has 0 bridgehead atoms. The van der Waals surface area contributed by atoms with Crippen molar-refractivity contribution >= 4 is 15.7 Å². The molecule has 11 heteroatoms. The monoisotopic (exact) mass is 495 g/mol. The number of carbonyl (C=O) groups excluding carboxylic acids is 1. The maximum Gasteiger partial charge on any atom is 0.419 e. The quantitative estimate of drug-likeness (QED) is 0.413. The van der Waals surface area contributed by atoms with Crippen LogP contribution in [0.5, 0.6) is 11.5 Å². The first-order chi connectivity index (χ1) is 15.7. The summed E-state index contributed by atoms with van der Waals surface area (Å²) in [5.41, 5.74) is -3.99. The van der Waals surface area contributed by atoms with Gasteiger partial charge in [0.1, 0.15) is 11.5 Å². The molecule has 0 radical (unpaired) electrons. The summed E-state index contributed by atoms with van der Waals surface area (Å²) in [6.45, 7) is 0.472. The van der Waals surface area contributed by atoms with Crippen molar-refractivity contribution in [3.8, 4) is 11.5 Å². The average Bonchev–Trinajstić information content (AvgIpc) is 2.77. The van der Waals surface area contributed by atoms with Crippen molar-refractivity contribution in [3.05, 3.63) is 83.9 Å². The number of hydrogen-bond donors (Lipinski definition) is 4. The van der Waals surface area contributed by atoms with Gasteiger partial charge in [-0.3, -0.25) is 4.79 Å². The molecule has 1 amide bonds. The molecule has 3 aromatic carbocycles. The molecule has 0 fully saturated rings. The summed E-state index contributed by atoms with van der Waals surface area (Å²) in [6, 6.07) is 12.1. The van der Waals surface area contributed by atoms with Gasteiger partial charge in [-0.1, -0.05) is 30.3 Å². The zero-order chi connectivity index (χ0) is 25.3. The van der Waals surface area contributed by atoms with Crippen LogP contribution >= 0.6 is 0 Å². The summed E-state index contributed by atoms with van der Waals surface area (Å²) in [4.78, 5) is 12.1. The third-order valence-corrected chi connectivity index (χ3v) is 6.98. The van der Waals surface area contributed by atoms with Crippen molar-refractivity contribution in [1.29, 1.82) is 0 Å². The fourth-order valence-electron chi connectivity index (χ4n) is 3.21. The number of aliphatic hydroxyl groups is 1. The lowest BCUT2D eigenvalue weighted by atomic mass is 9.89. The lowest BCUT2D eigenvalue weighted by molar-refractivity contribution is -0.263. The van der Waals surface area contributed by atoms with Crippen LogP contribution in [0.1, 0.15) is 28.9 Å². The molecule has 3 aromatic rings. The van der Waals surface area contributed by atoms with Gasteiger partial charge in [0, 0.05) is 0 Å². The van der Waals surface area contributed by atoms with Crippen LogP contribution < -0.4 is 5.32 Å². The first-order valence-corrected chi connectivity index (χ1v) is 11.3. The van der Waals surface area contributed by atoms with E-state index in [2.05, 4.69) is 5.32 Å². The molecule has 2 unspecified atom stereocenters. The van der Waals surface area contributed by atoms with Crippen LogP contribution in [0.4, 0.5) is 13.2 Å². The lowest BCUT2D eigenvalue weighted by Gasteiger charge is -2.35. The summed E-state index contributed by atoms with van der Waals surface area (Å²) >= 11 is 0. The van der Waals surface area contributed by atoms with E-state index in [4.69, 9.17) is 0 Å². The van der Waals surface area contributed by atoms with Crippen LogP contribution in [0.3, 0.4) is 0 Å². The van der Waals surface area contributed by atoms with E-state index < -0.39 is 39.3 Å². The molecular formula is C23H20F3NO6S. The first-order valence-electron chi connectivity index (χ1n) is 9.77. The molecule has 0 aliphatic heterocycles. The molecule has 2 atom stereocenters. The highest BCUT2D eigenvalue weighted by molar-refractivity contribution is 7.91. The van der Waals surface area contributed by atoms with Crippen LogP contribution in [-0.4, -0.2) is 41.4 Å². The average molecular weight is 495 g/mol. The first kappa shape index (κ1) is 25.1. The van der Waals surface area contributed by atoms with Crippen LogP contribution in [0.2, 0.25) is 0 Å². The highest BCUT2D eigenvalue weighted by Crippen LogP contribution is 2.40. The number of alkyl halides is 3. The number of hydrogen-bond acceptors (Lipinski definition) is 6. The van der Waals surface area contributed by atoms with E-state index in [1.807, 2.05) is 0 Å². The van der Waals surface area contributed by atoms with Crippen LogP contribution in [0, 0.1) is 0 Å². The third kappa shape index (κ3) is 4.85. The number of phenolic OH excluding ortho intramolecular Hbond substituents is 2. The van der Waals surface area contributed by atoms with E-state index >= 15 is 0 Å². The van der Waals surface area contributed by atoms with Gasteiger partial charge in [-0.2, -0.15) is 13.2 Å². The molecule has 0 saturated carbocycles. The number of rotatable bonds is 6. The number of aromatic hydroxyl groups is 2. The summed E-state index contributed by atoms with van der Waals surface area (Å²) < 4.78 is 66.5. The molecule has 0 spiro atoms. The molecule has 7 nitrogen and oxygen atoms in total. The maximum atomic E-state index is 13.7. The molecule has 180 valence electrons. The highest BCUT2D eigenvalue weighted by atomic mass is 32.2. The normalized spacial score (nSPS) is 14.7. The standard InChI is InChI=1S/C23H20F3NO6S/c1-22(31,23(24,25)26)20(27-21(30)18-7-2-3-8-19(18)29)14-9-11-16(12-10-14)34(32,33)17-6-4-5-15(28)13-17/h2-13,20,28-29,31H,1H3,(H,27,30). The Labute approximate surface area is 193 Å². The fraction of sp³-hybridized carbons (Fsp3) is 0.174. The zero-order valence-electron chi connectivity index (χ0n) is 17.6. The van der Waals surface area contributed by atoms with Gasteiger partial charge in [-0.15, -0.1) is 0 Å². The second-order valence-corrected chi connectivity index (χ2v) is 9.59. The molecule has 3 rings (SSSR count). The van der Waals surface area contributed by atoms with Crippen molar-refractivity contribution in [2.75, 3.05) is 0 Å². The number of carbonyl (C=O) groups is 1. The topological polar surface area (TPSA) is 124 Å². The largest absolute Gasteiger partial charge is 0.508 e. The predicted molar refractivity (Wildman–Crippen MR) is 115 cm³/mol. The fourth-order valence-corrected chi connectivity index (χ4v) is 4.51. The number of sulfone groups is 1. The third-order valence-electron chi connectivity index (χ3n) is 5.21. The Morgan fingerprint density at radius 3 is 2.09 bits per heavy atom. The van der Waals surface area contributed by atoms with Crippen molar-refractivity contribution in [1.82, 2.24) is 5.32 Å². The minimum Gasteiger partial charge on any atom is -0.508 e. The Kier molecular flexibility index (Phi) is 6.63. The van der Waals surface area contributed by atoms with Gasteiger partial charge >= 0.3 is 6.18 Å². The smallest absolute Gasteiger partial charge is 0.419 e. The van der Waals surface area contributed by atoms with E-state index in [0.717, 1.165) is 30.3 Å². The van der Waals surface area contributed by atoms with Gasteiger partial charge in [0.25, 0.3) is 5.91 Å². The SMILES string of the molecule is CC(O)(C(NC(=O)c1ccccc1O)c1ccc(S(=O)(=O)c2cccc(O)c2)cc1)C(F)(F)F. The summed E-state index contributed by atoms with van der Waals surface area (Å²) in [5, 5.41) is 31.8. The van der Waals surface area contributed by atoms with Gasteiger partial charge in [0.2, 0.25) is 9.84 Å². The number of nitrogens with one attached hydrogen (secondary N) is 1. The summed E-state index contributed by atoms with van der Waals surface area (Å²) in [6.07, 6.45) is -5.17. The van der Waals surface area contributed by atoms with E-state index in [9.17, 15) is 41.7 Å². The lowest BCUT2D eigenvalue weighted by Crippen LogP contribution is -2.53. The van der Waals surface area contributed by atoms with E-state index in [1.54, 1.807) is 0 Å². The van der Waals surface area contributed by atoms with Gasteiger partial charge in [0.05, 0.1) is 21.4 Å². The molecule has 0 aliphatic rings. The molecule has 34 heavy (non-hydrogen) atoms. The summed E-state index contributed by atoms with van der Waals surface area (Å²) in [5.74, 6) is -1.84. The van der Waals surface area contributed by atoms with Gasteiger partial charge in [0.15, 0.2) is 5.60 Å². The Hall–Kier alpha value is -3.57. The Balaban J connectivity index is 2.02. The maximum absolute atomic E-state index is 13.7. The van der Waals surface area contributed by atoms with E-state index in [-0.39, 0.29) is 26.7 Å². The van der Waals surface area contributed by atoms with Gasteiger partial charge < -0.3 is 20.6 Å². The number of phenols is 2. The second kappa shape index (κ2) is 8.99. The number of para-hydroxylation sites is 1. The minimum absolute atomic E-state index is 0.230. The molecule has 4 N–H and O–H groups in total. The Morgan fingerprint density at radius 1 is 0.912 bits per heavy atom. The number of halogens is 3. The summed E-state index contributed by atoms with van der Waals surface area (Å²) in [7, 11) is -4.10. The highest BCUT2D eigenvalue weighted by Gasteiger charge is 2.56. The Morgan fingerprint density at radius 2 is 1.53 bits per heavy atom. The predicted octanol–water partition coefficient (Wildman–Crippen LogP) is 3.72. The Bertz CT molecular complexity index is 1300. The van der Waals surface area contributed by atoms with Crippen molar-refractivity contribution in [2.24, 2.45) is 0 Å². The van der Waals surface area contributed by atoms with E-state index in [1.165, 1.54) is 42.5 Å². The van der Waals surface area contributed by atoms with Crippen molar-refractivity contribution < 1.29 is 41.7 Å². The zero-order valence-corrected chi connectivity index (χ0v) is 18.4. The van der Waals surface area contributed by atoms with E-state index in [0.29, 0.717) is 6.92 Å². The molecule has 0 heterocycles. The van der Waals surface area contributed by atoms with Crippen LogP contribution in [0.15, 0.2) is 82.6 Å². The second-order valence-electron chi connectivity index (χ2n) is 7.64. The van der Waals surface area contributed by atoms with Crippen molar-refractivity contribution in [3.63, 3.8) is 0 Å². The molecule has 0 aromatic heterocycles. The van der Waals surface area contributed by atoms with Crippen molar-refractivity contribution in [2.45, 2.75) is 34.5 Å². The molecule has 0 aliphatic carbocycles. The van der Waals surface area contributed by atoms with Crippen LogP contribution in [-0.2, 0) is 9.84 Å². The molecular weight excluding hydrogens is 475 g/mol. The number of amides is 1. The number of benzene rings is 3. The molecule has 0 saturated heterocycles. The minimum atomic E-state index is -5.17. The van der Waals surface area contributed by atoms with Crippen LogP contribution in [0.25, 0.3) is 0 Å². The van der Waals surface area contributed by atoms with Gasteiger partial charge in [-0.05, 0) is 55.0 Å². The van der Waals surface area contributed by atoms with Gasteiger partial charge in [-0.25, -0.2) is 8.42 Å².